The van der Waals surface area contributed by atoms with Gasteiger partial charge < -0.3 is 0 Å². The summed E-state index contributed by atoms with van der Waals surface area (Å²) in [5, 5.41) is 13.9. The fourth-order valence-corrected chi connectivity index (χ4v) is 3.27. The molecule has 2 aromatic heterocycles. The molecule has 3 aromatic rings. The highest BCUT2D eigenvalue weighted by molar-refractivity contribution is 7.13. The molecule has 0 aliphatic rings. The van der Waals surface area contributed by atoms with Gasteiger partial charge >= 0.3 is 0 Å². The van der Waals surface area contributed by atoms with E-state index in [1.54, 1.807) is 42.5 Å². The number of benzene rings is 1. The molecule has 0 atom stereocenters. The molecule has 5 nitrogen and oxygen atoms in total. The minimum Gasteiger partial charge on any atom is -0.276 e. The first-order valence-electron chi connectivity index (χ1n) is 6.94. The fourth-order valence-electron chi connectivity index (χ4n) is 2.03. The zero-order valence-corrected chi connectivity index (χ0v) is 14.8. The lowest BCUT2D eigenvalue weighted by molar-refractivity contribution is 0.0950. The second-order valence-electron chi connectivity index (χ2n) is 4.91. The second-order valence-corrected chi connectivity index (χ2v) is 6.70. The minimum atomic E-state index is -0.404. The predicted molar refractivity (Wildman–Crippen MR) is 98.0 cm³/mol. The summed E-state index contributed by atoms with van der Waals surface area (Å²) in [7, 11) is 0. The van der Waals surface area contributed by atoms with Crippen molar-refractivity contribution in [1.82, 2.24) is 15.6 Å². The second kappa shape index (κ2) is 7.17. The van der Waals surface area contributed by atoms with Gasteiger partial charge in [-0.15, -0.1) is 11.3 Å². The van der Waals surface area contributed by atoms with Gasteiger partial charge in [0.05, 0.1) is 21.3 Å². The lowest BCUT2D eigenvalue weighted by atomic mass is 10.1. The number of carbonyl (C=O) groups excluding carboxylic acids is 1. The van der Waals surface area contributed by atoms with Gasteiger partial charge in [-0.05, 0) is 36.6 Å². The van der Waals surface area contributed by atoms with Crippen molar-refractivity contribution in [3.05, 3.63) is 63.1 Å². The monoisotopic (exact) mass is 378 g/mol. The van der Waals surface area contributed by atoms with E-state index in [0.717, 1.165) is 10.6 Å². The molecule has 0 bridgehead atoms. The Balaban J connectivity index is 1.73. The Labute approximate surface area is 152 Å². The van der Waals surface area contributed by atoms with Crippen LogP contribution in [-0.4, -0.2) is 21.8 Å². The molecule has 0 saturated carbocycles. The number of rotatable bonds is 4. The fraction of sp³-hybridized carbons (Fsp3) is 0.0625. The Hall–Kier alpha value is -2.15. The van der Waals surface area contributed by atoms with Crippen molar-refractivity contribution in [1.29, 1.82) is 0 Å². The van der Waals surface area contributed by atoms with E-state index in [-0.39, 0.29) is 5.69 Å². The summed E-state index contributed by atoms with van der Waals surface area (Å²) in [6.07, 6.45) is 0. The number of hydrazone groups is 1. The van der Waals surface area contributed by atoms with Crippen LogP contribution in [0, 0.1) is 0 Å². The molecule has 0 aliphatic heterocycles. The summed E-state index contributed by atoms with van der Waals surface area (Å²) in [5.41, 5.74) is 4.79. The van der Waals surface area contributed by atoms with Crippen LogP contribution in [-0.2, 0) is 0 Å². The number of aromatic nitrogens is 2. The third kappa shape index (κ3) is 3.67. The summed E-state index contributed by atoms with van der Waals surface area (Å²) in [6.45, 7) is 1.75. The quantitative estimate of drug-likeness (QED) is 0.514. The summed E-state index contributed by atoms with van der Waals surface area (Å²) in [4.78, 5) is 13.2. The molecule has 1 amide bonds. The molecular formula is C16H12Cl2N4OS. The summed E-state index contributed by atoms with van der Waals surface area (Å²) < 4.78 is 0. The summed E-state index contributed by atoms with van der Waals surface area (Å²) >= 11 is 13.6. The number of amides is 1. The number of halogens is 2. The molecule has 3 rings (SSSR count). The van der Waals surface area contributed by atoms with Crippen molar-refractivity contribution >= 4 is 46.2 Å². The van der Waals surface area contributed by atoms with E-state index in [1.807, 2.05) is 17.5 Å². The van der Waals surface area contributed by atoms with Gasteiger partial charge in [-0.3, -0.25) is 9.89 Å². The summed E-state index contributed by atoms with van der Waals surface area (Å²) in [5.74, 6) is -0.404. The molecule has 0 aliphatic carbocycles. The van der Waals surface area contributed by atoms with Crippen molar-refractivity contribution in [3.63, 3.8) is 0 Å². The third-order valence-corrected chi connectivity index (χ3v) is 4.69. The number of thiophene rings is 1. The maximum absolute atomic E-state index is 12.2. The van der Waals surface area contributed by atoms with Crippen LogP contribution in [0.1, 0.15) is 23.0 Å². The van der Waals surface area contributed by atoms with Gasteiger partial charge in [-0.1, -0.05) is 35.3 Å². The lowest BCUT2D eigenvalue weighted by Crippen LogP contribution is -2.19. The number of hydrogen-bond donors (Lipinski definition) is 2. The van der Waals surface area contributed by atoms with Gasteiger partial charge in [0.2, 0.25) is 0 Å². The van der Waals surface area contributed by atoms with Gasteiger partial charge in [0.15, 0.2) is 5.69 Å². The molecule has 0 spiro atoms. The van der Waals surface area contributed by atoms with E-state index in [4.69, 9.17) is 23.2 Å². The lowest BCUT2D eigenvalue weighted by Gasteiger charge is -2.04. The third-order valence-electron chi connectivity index (χ3n) is 3.24. The maximum atomic E-state index is 12.2. The molecule has 0 unspecified atom stereocenters. The Bertz CT molecular complexity index is 903. The number of aromatic amines is 1. The summed E-state index contributed by atoms with van der Waals surface area (Å²) in [6, 6.07) is 10.7. The van der Waals surface area contributed by atoms with Crippen LogP contribution >= 0.6 is 34.5 Å². The zero-order valence-electron chi connectivity index (χ0n) is 12.5. The van der Waals surface area contributed by atoms with Crippen LogP contribution in [0.15, 0.2) is 46.9 Å². The van der Waals surface area contributed by atoms with E-state index in [9.17, 15) is 4.79 Å². The van der Waals surface area contributed by atoms with E-state index in [0.29, 0.717) is 21.3 Å². The Morgan fingerprint density at radius 1 is 1.29 bits per heavy atom. The van der Waals surface area contributed by atoms with Gasteiger partial charge in [0.1, 0.15) is 0 Å². The van der Waals surface area contributed by atoms with Gasteiger partial charge in [0, 0.05) is 10.6 Å². The Morgan fingerprint density at radius 2 is 2.12 bits per heavy atom. The molecule has 24 heavy (non-hydrogen) atoms. The number of nitrogens with one attached hydrogen (secondary N) is 2. The first-order valence-corrected chi connectivity index (χ1v) is 8.57. The highest BCUT2D eigenvalue weighted by Crippen LogP contribution is 2.23. The van der Waals surface area contributed by atoms with E-state index in [2.05, 4.69) is 20.7 Å². The smallest absolute Gasteiger partial charge is 0.276 e. The Morgan fingerprint density at radius 3 is 2.83 bits per heavy atom. The van der Waals surface area contributed by atoms with E-state index < -0.39 is 5.91 Å². The highest BCUT2D eigenvalue weighted by atomic mass is 35.5. The van der Waals surface area contributed by atoms with Crippen LogP contribution < -0.4 is 5.43 Å². The van der Waals surface area contributed by atoms with Crippen LogP contribution in [0.2, 0.25) is 10.0 Å². The van der Waals surface area contributed by atoms with Gasteiger partial charge in [-0.25, -0.2) is 5.43 Å². The van der Waals surface area contributed by atoms with Crippen molar-refractivity contribution in [2.24, 2.45) is 5.10 Å². The molecular weight excluding hydrogens is 367 g/mol. The normalized spacial score (nSPS) is 11.5. The topological polar surface area (TPSA) is 70.1 Å². The first kappa shape index (κ1) is 16.7. The van der Waals surface area contributed by atoms with E-state index >= 15 is 0 Å². The number of H-pyrrole nitrogens is 1. The number of nitrogens with zero attached hydrogens (tertiary/aromatic N) is 2. The van der Waals surface area contributed by atoms with Gasteiger partial charge in [0.25, 0.3) is 5.91 Å². The number of carbonyl (C=O) groups is 1. The van der Waals surface area contributed by atoms with Crippen LogP contribution in [0.4, 0.5) is 0 Å². The van der Waals surface area contributed by atoms with Crippen molar-refractivity contribution < 1.29 is 4.79 Å². The first-order chi connectivity index (χ1) is 11.5. The van der Waals surface area contributed by atoms with Crippen LogP contribution in [0.5, 0.6) is 0 Å². The number of hydrogen-bond acceptors (Lipinski definition) is 4. The molecule has 122 valence electrons. The molecule has 1 aromatic carbocycles. The molecule has 0 saturated heterocycles. The highest BCUT2D eigenvalue weighted by Gasteiger charge is 2.12. The minimum absolute atomic E-state index is 0.261. The van der Waals surface area contributed by atoms with Crippen molar-refractivity contribution in [2.45, 2.75) is 6.92 Å². The van der Waals surface area contributed by atoms with Crippen LogP contribution in [0.25, 0.3) is 10.6 Å². The Kier molecular flexibility index (Phi) is 4.99. The van der Waals surface area contributed by atoms with Crippen molar-refractivity contribution in [2.75, 3.05) is 0 Å². The molecule has 0 radical (unpaired) electrons. The molecule has 2 N–H and O–H groups in total. The predicted octanol–water partition coefficient (Wildman–Crippen LogP) is 4.60. The van der Waals surface area contributed by atoms with Crippen LogP contribution in [0.3, 0.4) is 0 Å². The molecule has 2 heterocycles. The average molecular weight is 379 g/mol. The zero-order chi connectivity index (χ0) is 17.1. The molecule has 0 fully saturated rings. The largest absolute Gasteiger partial charge is 0.291 e. The van der Waals surface area contributed by atoms with Gasteiger partial charge in [-0.2, -0.15) is 10.2 Å². The van der Waals surface area contributed by atoms with E-state index in [1.165, 1.54) is 0 Å². The van der Waals surface area contributed by atoms with Crippen molar-refractivity contribution in [3.8, 4) is 10.6 Å². The average Bonchev–Trinajstić information content (AvgIpc) is 3.23. The maximum Gasteiger partial charge on any atom is 0.291 e. The standard InChI is InChI=1S/C16H12Cl2N4OS/c1-9(11-5-4-10(17)7-12(11)18)19-22-16(23)14-8-13(20-21-14)15-3-2-6-24-15/h2-8H,1H3,(H,20,21)(H,22,23)/b19-9-. The SMILES string of the molecule is C/C(=N/NC(=O)c1cc(-c2cccs2)[nH]n1)c1ccc(Cl)cc1Cl. The molecule has 8 heteroatoms.